The van der Waals surface area contributed by atoms with Crippen LogP contribution in [0.5, 0.6) is 0 Å². The number of aliphatic carboxylic acids is 1. The smallest absolute Gasteiger partial charge is 0.406 e. The molecule has 0 radical (unpaired) electrons. The molecule has 22 heavy (non-hydrogen) atoms. The van der Waals surface area contributed by atoms with Crippen LogP contribution in [0.2, 0.25) is 0 Å². The third-order valence-corrected chi connectivity index (χ3v) is 5.08. The maximum absolute atomic E-state index is 13.1. The Kier molecular flexibility index (Phi) is 4.73. The van der Waals surface area contributed by atoms with Crippen LogP contribution in [0.4, 0.5) is 13.2 Å². The lowest BCUT2D eigenvalue weighted by Crippen LogP contribution is -2.47. The molecule has 7 heteroatoms. The van der Waals surface area contributed by atoms with Gasteiger partial charge in [-0.05, 0) is 31.1 Å². The van der Waals surface area contributed by atoms with Crippen LogP contribution in [0.1, 0.15) is 45.4 Å². The topological polar surface area (TPSA) is 57.6 Å². The number of hydrogen-bond donors (Lipinski definition) is 1. The van der Waals surface area contributed by atoms with Gasteiger partial charge in [-0.1, -0.05) is 19.8 Å². The maximum atomic E-state index is 13.1. The first-order chi connectivity index (χ1) is 10.2. The van der Waals surface area contributed by atoms with Crippen molar-refractivity contribution in [2.45, 2.75) is 51.6 Å². The number of carboxylic acids is 1. The molecule has 0 aromatic rings. The Morgan fingerprint density at radius 2 is 2.00 bits per heavy atom. The number of likely N-dealkylation sites (tertiary alicyclic amines) is 1. The third-order valence-electron chi connectivity index (χ3n) is 5.08. The van der Waals surface area contributed by atoms with Crippen molar-refractivity contribution in [2.24, 2.45) is 17.3 Å². The zero-order chi connectivity index (χ0) is 16.5. The number of hydrogen-bond acceptors (Lipinski definition) is 2. The second-order valence-electron chi connectivity index (χ2n) is 6.79. The zero-order valence-corrected chi connectivity index (χ0v) is 12.7. The summed E-state index contributed by atoms with van der Waals surface area (Å²) in [6.07, 6.45) is -1.15. The van der Waals surface area contributed by atoms with E-state index in [1.165, 1.54) is 0 Å². The van der Waals surface area contributed by atoms with E-state index < -0.39 is 30.5 Å². The van der Waals surface area contributed by atoms with Crippen molar-refractivity contribution in [3.05, 3.63) is 0 Å². The molecule has 4 nitrogen and oxygen atoms in total. The van der Waals surface area contributed by atoms with Gasteiger partial charge < -0.3 is 10.0 Å². The van der Waals surface area contributed by atoms with E-state index in [0.29, 0.717) is 5.92 Å². The first-order valence-electron chi connectivity index (χ1n) is 7.73. The van der Waals surface area contributed by atoms with Gasteiger partial charge in [0.1, 0.15) is 0 Å². The molecule has 126 valence electrons. The Morgan fingerprint density at radius 1 is 1.32 bits per heavy atom. The first-order valence-corrected chi connectivity index (χ1v) is 7.73. The Morgan fingerprint density at radius 3 is 2.50 bits per heavy atom. The van der Waals surface area contributed by atoms with Crippen LogP contribution in [0.3, 0.4) is 0 Å². The van der Waals surface area contributed by atoms with Crippen molar-refractivity contribution >= 4 is 11.9 Å². The number of carboxylic acid groups (broad SMARTS) is 1. The van der Waals surface area contributed by atoms with E-state index in [1.807, 2.05) is 0 Å². The lowest BCUT2D eigenvalue weighted by atomic mass is 9.80. The monoisotopic (exact) mass is 321 g/mol. The minimum absolute atomic E-state index is 0.132. The van der Waals surface area contributed by atoms with E-state index in [-0.39, 0.29) is 24.8 Å². The molecule has 2 aliphatic rings. The molecule has 3 atom stereocenters. The molecule has 3 unspecified atom stereocenters. The van der Waals surface area contributed by atoms with Crippen molar-refractivity contribution in [3.63, 3.8) is 0 Å². The van der Waals surface area contributed by atoms with Crippen molar-refractivity contribution in [1.82, 2.24) is 4.90 Å². The van der Waals surface area contributed by atoms with E-state index in [1.54, 1.807) is 0 Å². The predicted octanol–water partition coefficient (Wildman–Crippen LogP) is 3.07. The van der Waals surface area contributed by atoms with E-state index in [9.17, 15) is 22.8 Å². The third kappa shape index (κ3) is 3.22. The summed E-state index contributed by atoms with van der Waals surface area (Å²) in [7, 11) is 0. The van der Waals surface area contributed by atoms with E-state index in [0.717, 1.165) is 30.6 Å². The Hall–Kier alpha value is -1.27. The molecule has 1 saturated carbocycles. The number of halogens is 3. The summed E-state index contributed by atoms with van der Waals surface area (Å²) in [4.78, 5) is 24.4. The Labute approximate surface area is 127 Å². The molecule has 0 aromatic carbocycles. The van der Waals surface area contributed by atoms with Crippen LogP contribution >= 0.6 is 0 Å². The van der Waals surface area contributed by atoms with Crippen LogP contribution in [0.15, 0.2) is 0 Å². The second kappa shape index (κ2) is 6.08. The molecule has 1 heterocycles. The summed E-state index contributed by atoms with van der Waals surface area (Å²) in [5.74, 6) is -1.48. The fourth-order valence-corrected chi connectivity index (χ4v) is 3.67. The number of carbonyl (C=O) groups excluding carboxylic acids is 1. The average Bonchev–Trinajstić information content (AvgIpc) is 2.84. The predicted molar refractivity (Wildman–Crippen MR) is 73.1 cm³/mol. The lowest BCUT2D eigenvalue weighted by Gasteiger charge is -2.29. The Balaban J connectivity index is 1.99. The van der Waals surface area contributed by atoms with Crippen LogP contribution < -0.4 is 0 Å². The molecular formula is C15H22F3NO3. The highest BCUT2D eigenvalue weighted by Gasteiger charge is 2.64. The number of amides is 1. The van der Waals surface area contributed by atoms with E-state index >= 15 is 0 Å². The van der Waals surface area contributed by atoms with Gasteiger partial charge in [-0.15, -0.1) is 0 Å². The molecule has 0 aromatic heterocycles. The summed E-state index contributed by atoms with van der Waals surface area (Å²) in [6.45, 7) is 1.23. The number of rotatable bonds is 3. The zero-order valence-electron chi connectivity index (χ0n) is 12.7. The number of alkyl halides is 3. The molecule has 0 bridgehead atoms. The van der Waals surface area contributed by atoms with Crippen molar-refractivity contribution in [3.8, 4) is 0 Å². The molecule has 1 saturated heterocycles. The minimum atomic E-state index is -4.84. The maximum Gasteiger partial charge on any atom is 0.406 e. The van der Waals surface area contributed by atoms with Crippen molar-refractivity contribution in [2.75, 3.05) is 13.1 Å². The SMILES string of the molecule is CC1CCCC(CC(=O)N2CCC(C(=O)O)(C(F)(F)F)C2)C1. The summed E-state index contributed by atoms with van der Waals surface area (Å²) >= 11 is 0. The summed E-state index contributed by atoms with van der Waals surface area (Å²) < 4.78 is 39.3. The fraction of sp³-hybridized carbons (Fsp3) is 0.867. The van der Waals surface area contributed by atoms with Gasteiger partial charge in [0.05, 0.1) is 0 Å². The minimum Gasteiger partial charge on any atom is -0.481 e. The molecule has 0 spiro atoms. The van der Waals surface area contributed by atoms with Gasteiger partial charge in [0.2, 0.25) is 5.91 Å². The summed E-state index contributed by atoms with van der Waals surface area (Å²) in [5.41, 5.74) is -2.80. The highest BCUT2D eigenvalue weighted by molar-refractivity contribution is 5.81. The molecule has 2 rings (SSSR count). The van der Waals surface area contributed by atoms with Gasteiger partial charge in [0, 0.05) is 19.5 Å². The van der Waals surface area contributed by atoms with E-state index in [4.69, 9.17) is 5.11 Å². The normalized spacial score (nSPS) is 33.0. The second-order valence-corrected chi connectivity index (χ2v) is 6.79. The van der Waals surface area contributed by atoms with Gasteiger partial charge in [0.15, 0.2) is 5.41 Å². The van der Waals surface area contributed by atoms with Gasteiger partial charge >= 0.3 is 12.1 Å². The van der Waals surface area contributed by atoms with Gasteiger partial charge in [-0.3, -0.25) is 9.59 Å². The Bertz CT molecular complexity index is 452. The molecule has 1 amide bonds. The van der Waals surface area contributed by atoms with Crippen LogP contribution in [-0.2, 0) is 9.59 Å². The van der Waals surface area contributed by atoms with Crippen LogP contribution in [-0.4, -0.2) is 41.1 Å². The molecular weight excluding hydrogens is 299 g/mol. The van der Waals surface area contributed by atoms with Gasteiger partial charge in [-0.2, -0.15) is 13.2 Å². The highest BCUT2D eigenvalue weighted by Crippen LogP contribution is 2.46. The molecule has 1 aliphatic heterocycles. The number of nitrogens with zero attached hydrogens (tertiary/aromatic N) is 1. The van der Waals surface area contributed by atoms with Crippen LogP contribution in [0, 0.1) is 17.3 Å². The van der Waals surface area contributed by atoms with E-state index in [2.05, 4.69) is 6.92 Å². The molecule has 1 aliphatic carbocycles. The van der Waals surface area contributed by atoms with Gasteiger partial charge in [0.25, 0.3) is 0 Å². The largest absolute Gasteiger partial charge is 0.481 e. The highest BCUT2D eigenvalue weighted by atomic mass is 19.4. The quantitative estimate of drug-likeness (QED) is 0.869. The molecule has 2 fully saturated rings. The standard InChI is InChI=1S/C15H22F3NO3/c1-10-3-2-4-11(7-10)8-12(20)19-6-5-14(9-19,13(21)22)15(16,17)18/h10-11H,2-9H2,1H3,(H,21,22). The molecule has 1 N–H and O–H groups in total. The van der Waals surface area contributed by atoms with Gasteiger partial charge in [-0.25, -0.2) is 0 Å². The number of carbonyl (C=O) groups is 2. The van der Waals surface area contributed by atoms with Crippen molar-refractivity contribution in [1.29, 1.82) is 0 Å². The lowest BCUT2D eigenvalue weighted by molar-refractivity contribution is -0.227. The summed E-state index contributed by atoms with van der Waals surface area (Å²) in [6, 6.07) is 0. The summed E-state index contributed by atoms with van der Waals surface area (Å²) in [5, 5.41) is 9.00. The first kappa shape index (κ1) is 17.1. The van der Waals surface area contributed by atoms with Crippen molar-refractivity contribution < 1.29 is 27.9 Å². The average molecular weight is 321 g/mol. The fourth-order valence-electron chi connectivity index (χ4n) is 3.67. The van der Waals surface area contributed by atoms with Crippen LogP contribution in [0.25, 0.3) is 0 Å².